The first-order chi connectivity index (χ1) is 12.3. The minimum absolute atomic E-state index is 0.252. The van der Waals surface area contributed by atoms with Crippen molar-refractivity contribution in [1.82, 2.24) is 19.9 Å². The minimum atomic E-state index is 0.252. The fourth-order valence-corrected chi connectivity index (χ4v) is 3.60. The van der Waals surface area contributed by atoms with Crippen LogP contribution >= 0.6 is 0 Å². The Balaban J connectivity index is 1.63. The zero-order valence-electron chi connectivity index (χ0n) is 14.4. The molecule has 2 aromatic heterocycles. The van der Waals surface area contributed by atoms with E-state index in [9.17, 15) is 0 Å². The molecule has 1 N–H and O–H groups in total. The molecular formula is C20H22N4O. The summed E-state index contributed by atoms with van der Waals surface area (Å²) in [6.07, 6.45) is 5.52. The first kappa shape index (κ1) is 15.8. The van der Waals surface area contributed by atoms with Gasteiger partial charge in [-0.05, 0) is 18.1 Å². The molecule has 1 aromatic carbocycles. The number of aromatic amines is 1. The number of rotatable bonds is 5. The van der Waals surface area contributed by atoms with E-state index in [4.69, 9.17) is 4.74 Å². The predicted molar refractivity (Wildman–Crippen MR) is 96.4 cm³/mol. The van der Waals surface area contributed by atoms with Crippen LogP contribution in [-0.2, 0) is 19.4 Å². The van der Waals surface area contributed by atoms with Crippen LogP contribution in [0.5, 0.6) is 5.88 Å². The van der Waals surface area contributed by atoms with Gasteiger partial charge in [0.25, 0.3) is 0 Å². The monoisotopic (exact) mass is 334 g/mol. The highest BCUT2D eigenvalue weighted by molar-refractivity contribution is 5.28. The van der Waals surface area contributed by atoms with Crippen molar-refractivity contribution in [3.05, 3.63) is 77.5 Å². The van der Waals surface area contributed by atoms with Gasteiger partial charge in [0.2, 0.25) is 5.88 Å². The summed E-state index contributed by atoms with van der Waals surface area (Å²) in [6.45, 7) is 1.80. The summed E-state index contributed by atoms with van der Waals surface area (Å²) in [4.78, 5) is 14.7. The third kappa shape index (κ3) is 3.28. The van der Waals surface area contributed by atoms with Crippen molar-refractivity contribution in [2.45, 2.75) is 25.4 Å². The van der Waals surface area contributed by atoms with E-state index in [-0.39, 0.29) is 6.04 Å². The lowest BCUT2D eigenvalue weighted by Crippen LogP contribution is -2.36. The minimum Gasteiger partial charge on any atom is -0.481 e. The van der Waals surface area contributed by atoms with E-state index in [1.54, 1.807) is 13.3 Å². The summed E-state index contributed by atoms with van der Waals surface area (Å²) >= 11 is 0. The first-order valence-corrected chi connectivity index (χ1v) is 8.63. The van der Waals surface area contributed by atoms with Crippen molar-refractivity contribution >= 4 is 0 Å². The Morgan fingerprint density at radius 1 is 1.16 bits per heavy atom. The van der Waals surface area contributed by atoms with E-state index in [1.807, 2.05) is 12.4 Å². The number of hydrogen-bond acceptors (Lipinski definition) is 4. The maximum atomic E-state index is 5.44. The second-order valence-corrected chi connectivity index (χ2v) is 6.36. The van der Waals surface area contributed by atoms with Gasteiger partial charge in [0.1, 0.15) is 0 Å². The molecule has 1 atom stereocenters. The third-order valence-corrected chi connectivity index (χ3v) is 4.85. The number of H-pyrrole nitrogens is 1. The molecule has 0 radical (unpaired) electrons. The topological polar surface area (TPSA) is 54.0 Å². The van der Waals surface area contributed by atoms with Gasteiger partial charge in [-0.1, -0.05) is 36.4 Å². The van der Waals surface area contributed by atoms with Gasteiger partial charge in [-0.3, -0.25) is 4.90 Å². The number of nitrogens with zero attached hydrogens (tertiary/aromatic N) is 3. The van der Waals surface area contributed by atoms with Crippen molar-refractivity contribution < 1.29 is 4.74 Å². The van der Waals surface area contributed by atoms with Gasteiger partial charge in [-0.25, -0.2) is 9.97 Å². The molecule has 25 heavy (non-hydrogen) atoms. The molecule has 3 aromatic rings. The molecule has 5 nitrogen and oxygen atoms in total. The Kier molecular flexibility index (Phi) is 4.48. The largest absolute Gasteiger partial charge is 0.481 e. The molecule has 0 aliphatic carbocycles. The van der Waals surface area contributed by atoms with E-state index in [0.29, 0.717) is 5.88 Å². The van der Waals surface area contributed by atoms with Crippen LogP contribution in [0.4, 0.5) is 0 Å². The molecule has 0 saturated heterocycles. The average Bonchev–Trinajstić information content (AvgIpc) is 3.14. The lowest BCUT2D eigenvalue weighted by Gasteiger charge is -2.35. The van der Waals surface area contributed by atoms with E-state index in [2.05, 4.69) is 56.3 Å². The Morgan fingerprint density at radius 2 is 2.04 bits per heavy atom. The van der Waals surface area contributed by atoms with Gasteiger partial charge < -0.3 is 9.72 Å². The van der Waals surface area contributed by atoms with E-state index in [1.165, 1.54) is 11.3 Å². The van der Waals surface area contributed by atoms with Gasteiger partial charge in [0.15, 0.2) is 0 Å². The molecule has 4 rings (SSSR count). The van der Waals surface area contributed by atoms with E-state index >= 15 is 0 Å². The fourth-order valence-electron chi connectivity index (χ4n) is 3.60. The first-order valence-electron chi connectivity index (χ1n) is 8.63. The molecule has 1 aliphatic heterocycles. The smallest absolute Gasteiger partial charge is 0.217 e. The number of methoxy groups -OCH3 is 1. The predicted octanol–water partition coefficient (Wildman–Crippen LogP) is 3.16. The molecule has 0 spiro atoms. The average molecular weight is 334 g/mol. The van der Waals surface area contributed by atoms with Crippen LogP contribution in [0.1, 0.15) is 28.6 Å². The van der Waals surface area contributed by atoms with Crippen LogP contribution < -0.4 is 4.74 Å². The highest BCUT2D eigenvalue weighted by Crippen LogP contribution is 2.32. The van der Waals surface area contributed by atoms with Gasteiger partial charge >= 0.3 is 0 Å². The molecule has 128 valence electrons. The molecule has 1 aliphatic rings. The van der Waals surface area contributed by atoms with Crippen LogP contribution in [0.2, 0.25) is 0 Å². The summed E-state index contributed by atoms with van der Waals surface area (Å²) in [6, 6.07) is 14.9. The number of imidazole rings is 1. The maximum absolute atomic E-state index is 5.44. The molecular weight excluding hydrogens is 312 g/mol. The summed E-state index contributed by atoms with van der Waals surface area (Å²) in [5, 5.41) is 0. The highest BCUT2D eigenvalue weighted by atomic mass is 16.5. The van der Waals surface area contributed by atoms with E-state index in [0.717, 1.165) is 37.2 Å². The second-order valence-electron chi connectivity index (χ2n) is 6.36. The number of benzene rings is 1. The number of nitrogens with one attached hydrogen (secondary N) is 1. The van der Waals surface area contributed by atoms with Crippen molar-refractivity contribution in [2.24, 2.45) is 0 Å². The zero-order chi connectivity index (χ0) is 17.1. The normalized spacial score (nSPS) is 17.2. The van der Waals surface area contributed by atoms with Gasteiger partial charge in [-0.15, -0.1) is 0 Å². The van der Waals surface area contributed by atoms with Crippen LogP contribution in [0.15, 0.2) is 55.0 Å². The molecule has 0 fully saturated rings. The van der Waals surface area contributed by atoms with Crippen molar-refractivity contribution in [3.63, 3.8) is 0 Å². The highest BCUT2D eigenvalue weighted by Gasteiger charge is 2.30. The lowest BCUT2D eigenvalue weighted by atomic mass is 9.95. The number of aromatic nitrogens is 3. The van der Waals surface area contributed by atoms with Crippen LogP contribution in [-0.4, -0.2) is 33.5 Å². The number of hydrogen-bond donors (Lipinski definition) is 1. The molecule has 3 heterocycles. The quantitative estimate of drug-likeness (QED) is 0.779. The Labute approximate surface area is 147 Å². The summed E-state index contributed by atoms with van der Waals surface area (Å²) in [7, 11) is 1.68. The molecule has 0 saturated carbocycles. The summed E-state index contributed by atoms with van der Waals surface area (Å²) < 4.78 is 5.44. The molecule has 0 amide bonds. The van der Waals surface area contributed by atoms with Gasteiger partial charge in [0.05, 0.1) is 25.2 Å². The fraction of sp³-hybridized carbons (Fsp3) is 0.300. The van der Waals surface area contributed by atoms with Crippen molar-refractivity contribution in [3.8, 4) is 5.88 Å². The Morgan fingerprint density at radius 3 is 2.88 bits per heavy atom. The van der Waals surface area contributed by atoms with Gasteiger partial charge in [0, 0.05) is 37.0 Å². The number of ether oxygens (including phenoxy) is 1. The molecule has 5 heteroatoms. The second kappa shape index (κ2) is 7.07. The summed E-state index contributed by atoms with van der Waals surface area (Å²) in [5.41, 5.74) is 4.86. The lowest BCUT2D eigenvalue weighted by molar-refractivity contribution is 0.168. The summed E-state index contributed by atoms with van der Waals surface area (Å²) in [5.74, 6) is 0.703. The Bertz CT molecular complexity index is 830. The number of fused-ring (bicyclic) bond motifs is 1. The third-order valence-electron chi connectivity index (χ3n) is 4.85. The van der Waals surface area contributed by atoms with Crippen LogP contribution in [0.25, 0.3) is 0 Å². The Hall–Kier alpha value is -2.66. The van der Waals surface area contributed by atoms with Crippen LogP contribution in [0.3, 0.4) is 0 Å². The van der Waals surface area contributed by atoms with Crippen molar-refractivity contribution in [2.75, 3.05) is 13.7 Å². The number of pyridine rings is 1. The van der Waals surface area contributed by atoms with Gasteiger partial charge in [-0.2, -0.15) is 0 Å². The maximum Gasteiger partial charge on any atom is 0.217 e. The van der Waals surface area contributed by atoms with Crippen molar-refractivity contribution in [1.29, 1.82) is 0 Å². The zero-order valence-corrected chi connectivity index (χ0v) is 14.4. The molecule has 0 unspecified atom stereocenters. The SMILES string of the molecule is COc1ncccc1CN1CCc2[nH]cnc2[C@H]1Cc1ccccc1. The van der Waals surface area contributed by atoms with Crippen LogP contribution in [0, 0.1) is 0 Å². The van der Waals surface area contributed by atoms with E-state index < -0.39 is 0 Å². The standard InChI is InChI=1S/C20H22N4O/c1-25-20-16(8-5-10-21-20)13-24-11-9-17-19(23-14-22-17)18(24)12-15-6-3-2-4-7-15/h2-8,10,14,18H,9,11-13H2,1H3,(H,22,23)/t18-/m1/s1. The molecule has 0 bridgehead atoms.